The Balaban J connectivity index is 3.11. The van der Waals surface area contributed by atoms with Crippen molar-refractivity contribution in [3.63, 3.8) is 0 Å². The van der Waals surface area contributed by atoms with Crippen LogP contribution in [0.2, 0.25) is 0 Å². The fourth-order valence-corrected chi connectivity index (χ4v) is 0.946. The van der Waals surface area contributed by atoms with E-state index in [4.69, 9.17) is 0 Å². The number of rotatable bonds is 8. The van der Waals surface area contributed by atoms with E-state index in [0.29, 0.717) is 0 Å². The molecule has 2 heteroatoms. The zero-order chi connectivity index (χ0) is 10.1. The first-order chi connectivity index (χ1) is 6.18. The summed E-state index contributed by atoms with van der Waals surface area (Å²) in [5, 5.41) is 6.69. The quantitative estimate of drug-likeness (QED) is 0.443. The maximum Gasteiger partial charge on any atom is 0.0132 e. The van der Waals surface area contributed by atoms with E-state index in [-0.39, 0.29) is 0 Å². The fraction of sp³-hybridized carbons (Fsp3) is 0.818. The van der Waals surface area contributed by atoms with Crippen LogP contribution in [0, 0.1) is 11.8 Å². The Labute approximate surface area is 82.8 Å². The predicted octanol–water partition coefficient (Wildman–Crippen LogP) is 1.64. The molecule has 0 aliphatic carbocycles. The average molecular weight is 184 g/mol. The second-order valence-corrected chi connectivity index (χ2v) is 3.92. The minimum atomic E-state index is 0.763. The first kappa shape index (κ1) is 12.7. The van der Waals surface area contributed by atoms with E-state index < -0.39 is 0 Å². The molecule has 0 aromatic carbocycles. The van der Waals surface area contributed by atoms with Crippen LogP contribution >= 0.6 is 0 Å². The molecule has 78 valence electrons. The molecule has 1 atom stereocenters. The highest BCUT2D eigenvalue weighted by atomic mass is 14.9. The molecule has 0 aliphatic rings. The highest BCUT2D eigenvalue weighted by molar-refractivity contribution is 4.70. The molecule has 0 radical (unpaired) electrons. The maximum atomic E-state index is 3.65. The van der Waals surface area contributed by atoms with Crippen molar-refractivity contribution in [2.45, 2.75) is 20.8 Å². The summed E-state index contributed by atoms with van der Waals surface area (Å²) < 4.78 is 0. The lowest BCUT2D eigenvalue weighted by molar-refractivity contribution is 0.393. The Morgan fingerprint density at radius 3 is 2.31 bits per heavy atom. The SMILES string of the molecule is C=CCNCCNCC(C)C(C)C. The molecule has 13 heavy (non-hydrogen) atoms. The van der Waals surface area contributed by atoms with Crippen molar-refractivity contribution in [2.75, 3.05) is 26.2 Å². The summed E-state index contributed by atoms with van der Waals surface area (Å²) in [6.07, 6.45) is 1.89. The molecule has 0 rings (SSSR count). The molecule has 0 saturated heterocycles. The Morgan fingerprint density at radius 2 is 1.77 bits per heavy atom. The summed E-state index contributed by atoms with van der Waals surface area (Å²) in [4.78, 5) is 0. The first-order valence-corrected chi connectivity index (χ1v) is 5.20. The molecule has 0 spiro atoms. The molecule has 2 nitrogen and oxygen atoms in total. The van der Waals surface area contributed by atoms with Crippen LogP contribution in [0.25, 0.3) is 0 Å². The summed E-state index contributed by atoms with van der Waals surface area (Å²) in [6, 6.07) is 0. The summed E-state index contributed by atoms with van der Waals surface area (Å²) in [5.41, 5.74) is 0. The van der Waals surface area contributed by atoms with Gasteiger partial charge in [-0.05, 0) is 18.4 Å². The maximum absolute atomic E-state index is 3.65. The normalized spacial score (nSPS) is 13.2. The van der Waals surface area contributed by atoms with Crippen molar-refractivity contribution in [1.29, 1.82) is 0 Å². The lowest BCUT2D eigenvalue weighted by atomic mass is 9.98. The third-order valence-corrected chi connectivity index (χ3v) is 2.37. The van der Waals surface area contributed by atoms with Gasteiger partial charge in [0.25, 0.3) is 0 Å². The van der Waals surface area contributed by atoms with Gasteiger partial charge in [0.2, 0.25) is 0 Å². The second-order valence-electron chi connectivity index (χ2n) is 3.92. The minimum Gasteiger partial charge on any atom is -0.315 e. The molecular formula is C11H24N2. The van der Waals surface area contributed by atoms with E-state index in [1.807, 2.05) is 6.08 Å². The van der Waals surface area contributed by atoms with Crippen molar-refractivity contribution >= 4 is 0 Å². The standard InChI is InChI=1S/C11H24N2/c1-5-6-12-7-8-13-9-11(4)10(2)3/h5,10-13H,1,6-9H2,2-4H3. The van der Waals surface area contributed by atoms with E-state index in [9.17, 15) is 0 Å². The Hall–Kier alpha value is -0.340. The molecule has 0 fully saturated rings. The van der Waals surface area contributed by atoms with E-state index in [2.05, 4.69) is 38.0 Å². The lowest BCUT2D eigenvalue weighted by Gasteiger charge is -2.15. The molecule has 0 heterocycles. The van der Waals surface area contributed by atoms with E-state index in [1.54, 1.807) is 0 Å². The smallest absolute Gasteiger partial charge is 0.0132 e. The second kappa shape index (κ2) is 8.27. The van der Waals surface area contributed by atoms with Gasteiger partial charge in [0.05, 0.1) is 0 Å². The van der Waals surface area contributed by atoms with Crippen molar-refractivity contribution in [3.8, 4) is 0 Å². The summed E-state index contributed by atoms with van der Waals surface area (Å²) >= 11 is 0. The van der Waals surface area contributed by atoms with E-state index in [1.165, 1.54) is 0 Å². The molecule has 0 aliphatic heterocycles. The molecule has 2 N–H and O–H groups in total. The zero-order valence-corrected chi connectivity index (χ0v) is 9.27. The fourth-order valence-electron chi connectivity index (χ4n) is 0.946. The van der Waals surface area contributed by atoms with Gasteiger partial charge < -0.3 is 10.6 Å². The predicted molar refractivity (Wildman–Crippen MR) is 59.9 cm³/mol. The Morgan fingerprint density at radius 1 is 1.15 bits per heavy atom. The first-order valence-electron chi connectivity index (χ1n) is 5.20. The molecule has 0 saturated carbocycles. The van der Waals surface area contributed by atoms with Gasteiger partial charge in [-0.1, -0.05) is 26.8 Å². The number of hydrogen-bond acceptors (Lipinski definition) is 2. The third-order valence-electron chi connectivity index (χ3n) is 2.37. The van der Waals surface area contributed by atoms with Crippen LogP contribution in [0.4, 0.5) is 0 Å². The van der Waals surface area contributed by atoms with Gasteiger partial charge >= 0.3 is 0 Å². The molecular weight excluding hydrogens is 160 g/mol. The van der Waals surface area contributed by atoms with Gasteiger partial charge in [0, 0.05) is 19.6 Å². The third kappa shape index (κ3) is 8.00. The lowest BCUT2D eigenvalue weighted by Crippen LogP contribution is -2.31. The molecule has 1 unspecified atom stereocenters. The molecule has 0 aromatic rings. The van der Waals surface area contributed by atoms with Gasteiger partial charge in [-0.2, -0.15) is 0 Å². The highest BCUT2D eigenvalue weighted by Crippen LogP contribution is 2.06. The van der Waals surface area contributed by atoms with Gasteiger partial charge in [0.1, 0.15) is 0 Å². The van der Waals surface area contributed by atoms with E-state index >= 15 is 0 Å². The van der Waals surface area contributed by atoms with Crippen molar-refractivity contribution in [3.05, 3.63) is 12.7 Å². The Kier molecular flexibility index (Phi) is 8.05. The van der Waals surface area contributed by atoms with Crippen LogP contribution in [0.5, 0.6) is 0 Å². The van der Waals surface area contributed by atoms with Gasteiger partial charge in [-0.15, -0.1) is 6.58 Å². The minimum absolute atomic E-state index is 0.763. The number of nitrogens with one attached hydrogen (secondary N) is 2. The topological polar surface area (TPSA) is 24.1 Å². The summed E-state index contributed by atoms with van der Waals surface area (Å²) in [7, 11) is 0. The monoisotopic (exact) mass is 184 g/mol. The molecule has 0 aromatic heterocycles. The molecule has 0 bridgehead atoms. The average Bonchev–Trinajstić information content (AvgIpc) is 2.10. The van der Waals surface area contributed by atoms with Gasteiger partial charge in [-0.25, -0.2) is 0 Å². The van der Waals surface area contributed by atoms with Gasteiger partial charge in [-0.3, -0.25) is 0 Å². The van der Waals surface area contributed by atoms with Crippen LogP contribution in [-0.2, 0) is 0 Å². The van der Waals surface area contributed by atoms with Crippen molar-refractivity contribution < 1.29 is 0 Å². The summed E-state index contributed by atoms with van der Waals surface area (Å²) in [6.45, 7) is 14.6. The van der Waals surface area contributed by atoms with Crippen LogP contribution in [0.15, 0.2) is 12.7 Å². The van der Waals surface area contributed by atoms with Crippen molar-refractivity contribution in [2.24, 2.45) is 11.8 Å². The molecule has 0 amide bonds. The van der Waals surface area contributed by atoms with Crippen LogP contribution in [0.3, 0.4) is 0 Å². The zero-order valence-electron chi connectivity index (χ0n) is 9.27. The van der Waals surface area contributed by atoms with Crippen LogP contribution in [-0.4, -0.2) is 26.2 Å². The summed E-state index contributed by atoms with van der Waals surface area (Å²) in [5.74, 6) is 1.54. The Bertz CT molecular complexity index is 121. The highest BCUT2D eigenvalue weighted by Gasteiger charge is 2.04. The van der Waals surface area contributed by atoms with Crippen LogP contribution in [0.1, 0.15) is 20.8 Å². The van der Waals surface area contributed by atoms with E-state index in [0.717, 1.165) is 38.0 Å². The number of hydrogen-bond donors (Lipinski definition) is 2. The largest absolute Gasteiger partial charge is 0.315 e. The van der Waals surface area contributed by atoms with Crippen LogP contribution < -0.4 is 10.6 Å². The van der Waals surface area contributed by atoms with Crippen molar-refractivity contribution in [1.82, 2.24) is 10.6 Å². The van der Waals surface area contributed by atoms with Gasteiger partial charge in [0.15, 0.2) is 0 Å².